The molecule has 2 aromatic heterocycles. The van der Waals surface area contributed by atoms with Crippen molar-refractivity contribution >= 4 is 11.2 Å². The Hall–Kier alpha value is -1.89. The van der Waals surface area contributed by atoms with Gasteiger partial charge >= 0.3 is 5.69 Å². The molecule has 0 amide bonds. The molecule has 0 aromatic carbocycles. The van der Waals surface area contributed by atoms with Gasteiger partial charge in [0.25, 0.3) is 5.56 Å². The minimum absolute atomic E-state index is 0.0404. The van der Waals surface area contributed by atoms with Crippen LogP contribution in [0.2, 0.25) is 0 Å². The number of H-pyrrole nitrogens is 3. The van der Waals surface area contributed by atoms with Gasteiger partial charge in [-0.25, -0.2) is 9.78 Å². The van der Waals surface area contributed by atoms with E-state index in [4.69, 9.17) is 5.73 Å². The molecule has 2 rings (SSSR count). The molecular formula is C10H15N5O2. The number of fused-ring (bicyclic) bond motifs is 1. The number of nitrogens with zero attached hydrogens (tertiary/aromatic N) is 1. The number of aromatic nitrogens is 4. The molecule has 0 radical (unpaired) electrons. The van der Waals surface area contributed by atoms with Crippen LogP contribution in [0.3, 0.4) is 0 Å². The number of hydrogen-bond donors (Lipinski definition) is 4. The maximum absolute atomic E-state index is 11.5. The van der Waals surface area contributed by atoms with Gasteiger partial charge in [-0.3, -0.25) is 14.8 Å². The van der Waals surface area contributed by atoms with Gasteiger partial charge in [0.05, 0.1) is 0 Å². The van der Waals surface area contributed by atoms with Crippen LogP contribution in [0.1, 0.15) is 19.7 Å². The fourth-order valence-corrected chi connectivity index (χ4v) is 1.54. The van der Waals surface area contributed by atoms with E-state index in [9.17, 15) is 9.59 Å². The highest BCUT2D eigenvalue weighted by molar-refractivity contribution is 5.68. The third-order valence-corrected chi connectivity index (χ3v) is 2.72. The minimum Gasteiger partial charge on any atom is -0.336 e. The number of rotatable bonds is 3. The number of aromatic amines is 3. The van der Waals surface area contributed by atoms with E-state index in [0.29, 0.717) is 18.2 Å². The van der Waals surface area contributed by atoms with Crippen LogP contribution in [0.5, 0.6) is 0 Å². The fraction of sp³-hybridized carbons (Fsp3) is 0.500. The van der Waals surface area contributed by atoms with Gasteiger partial charge in [0, 0.05) is 12.5 Å². The van der Waals surface area contributed by atoms with Crippen molar-refractivity contribution in [1.29, 1.82) is 0 Å². The Bertz CT molecular complexity index is 636. The Morgan fingerprint density at radius 1 is 1.24 bits per heavy atom. The highest BCUT2D eigenvalue weighted by atomic mass is 16.2. The standard InChI is InChI=1S/C10H15N5O2/c1-4(2)5(11)3-6-12-7-8(13-6)14-10(17)15-9(7)16/h4-5H,3,11H2,1-2H3,(H3,12,13,14,15,16,17). The van der Waals surface area contributed by atoms with Crippen LogP contribution < -0.4 is 17.0 Å². The Balaban J connectivity index is 2.42. The van der Waals surface area contributed by atoms with Crippen molar-refractivity contribution in [3.8, 4) is 0 Å². The van der Waals surface area contributed by atoms with Crippen LogP contribution >= 0.6 is 0 Å². The average Bonchev–Trinajstić information content (AvgIpc) is 2.60. The van der Waals surface area contributed by atoms with Gasteiger partial charge in [-0.15, -0.1) is 0 Å². The Morgan fingerprint density at radius 3 is 2.59 bits per heavy atom. The van der Waals surface area contributed by atoms with Crippen LogP contribution in [-0.2, 0) is 6.42 Å². The van der Waals surface area contributed by atoms with E-state index in [1.54, 1.807) is 0 Å². The second-order valence-electron chi connectivity index (χ2n) is 4.43. The molecule has 7 nitrogen and oxygen atoms in total. The van der Waals surface area contributed by atoms with Gasteiger partial charge < -0.3 is 10.7 Å². The summed E-state index contributed by atoms with van der Waals surface area (Å²) in [6.07, 6.45) is 0.536. The zero-order chi connectivity index (χ0) is 12.6. The molecular weight excluding hydrogens is 222 g/mol. The van der Waals surface area contributed by atoms with Gasteiger partial charge in [0.2, 0.25) is 0 Å². The predicted octanol–water partition coefficient (Wildman–Crippen LogP) is -0.535. The van der Waals surface area contributed by atoms with E-state index in [0.717, 1.165) is 0 Å². The number of nitrogens with two attached hydrogens (primary N) is 1. The quantitative estimate of drug-likeness (QED) is 0.573. The monoisotopic (exact) mass is 237 g/mol. The molecule has 0 bridgehead atoms. The first-order valence-electron chi connectivity index (χ1n) is 5.44. The molecule has 0 aliphatic rings. The average molecular weight is 237 g/mol. The van der Waals surface area contributed by atoms with E-state index < -0.39 is 11.2 Å². The first-order chi connectivity index (χ1) is 7.97. The third-order valence-electron chi connectivity index (χ3n) is 2.72. The van der Waals surface area contributed by atoms with E-state index in [2.05, 4.69) is 19.9 Å². The molecule has 92 valence electrons. The molecule has 0 saturated heterocycles. The summed E-state index contributed by atoms with van der Waals surface area (Å²) in [5.74, 6) is 0.925. The first-order valence-corrected chi connectivity index (χ1v) is 5.44. The topological polar surface area (TPSA) is 120 Å². The first kappa shape index (κ1) is 11.6. The molecule has 0 aliphatic heterocycles. The molecule has 5 N–H and O–H groups in total. The molecule has 0 fully saturated rings. The predicted molar refractivity (Wildman–Crippen MR) is 63.9 cm³/mol. The molecule has 0 spiro atoms. The Labute approximate surface area is 96.5 Å². The van der Waals surface area contributed by atoms with E-state index in [1.807, 2.05) is 13.8 Å². The van der Waals surface area contributed by atoms with Crippen molar-refractivity contribution in [1.82, 2.24) is 19.9 Å². The largest absolute Gasteiger partial charge is 0.336 e. The lowest BCUT2D eigenvalue weighted by molar-refractivity contribution is 0.483. The maximum Gasteiger partial charge on any atom is 0.327 e. The van der Waals surface area contributed by atoms with E-state index in [-0.39, 0.29) is 17.2 Å². The number of nitrogens with one attached hydrogen (secondary N) is 3. The molecule has 0 aliphatic carbocycles. The fourth-order valence-electron chi connectivity index (χ4n) is 1.54. The second-order valence-corrected chi connectivity index (χ2v) is 4.43. The van der Waals surface area contributed by atoms with Gasteiger partial charge in [-0.1, -0.05) is 13.8 Å². The molecule has 17 heavy (non-hydrogen) atoms. The van der Waals surface area contributed by atoms with Crippen LogP contribution in [-0.4, -0.2) is 26.0 Å². The van der Waals surface area contributed by atoms with Gasteiger partial charge in [0.1, 0.15) is 11.3 Å². The molecule has 1 atom stereocenters. The lowest BCUT2D eigenvalue weighted by Gasteiger charge is -2.13. The van der Waals surface area contributed by atoms with Crippen molar-refractivity contribution < 1.29 is 0 Å². The maximum atomic E-state index is 11.5. The Kier molecular flexibility index (Phi) is 2.84. The minimum atomic E-state index is -0.561. The Morgan fingerprint density at radius 2 is 1.94 bits per heavy atom. The summed E-state index contributed by atoms with van der Waals surface area (Å²) in [4.78, 5) is 34.1. The molecule has 2 aromatic rings. The van der Waals surface area contributed by atoms with Crippen molar-refractivity contribution in [3.05, 3.63) is 26.7 Å². The highest BCUT2D eigenvalue weighted by Gasteiger charge is 2.13. The number of imidazole rings is 1. The van der Waals surface area contributed by atoms with Crippen molar-refractivity contribution in [2.45, 2.75) is 26.3 Å². The van der Waals surface area contributed by atoms with Crippen LogP contribution in [0, 0.1) is 5.92 Å². The lowest BCUT2D eigenvalue weighted by atomic mass is 10.0. The second kappa shape index (κ2) is 4.17. The summed E-state index contributed by atoms with van der Waals surface area (Å²) in [6.45, 7) is 4.03. The SMILES string of the molecule is CC(C)C(N)Cc1nc2[nH]c(=O)[nH]c(=O)c2[nH]1. The molecule has 0 saturated carbocycles. The summed E-state index contributed by atoms with van der Waals surface area (Å²) >= 11 is 0. The van der Waals surface area contributed by atoms with Gasteiger partial charge in [-0.05, 0) is 5.92 Å². The molecule has 1 unspecified atom stereocenters. The van der Waals surface area contributed by atoms with Gasteiger partial charge in [0.15, 0.2) is 5.65 Å². The summed E-state index contributed by atoms with van der Waals surface area (Å²) in [5, 5.41) is 0. The van der Waals surface area contributed by atoms with E-state index in [1.165, 1.54) is 0 Å². The zero-order valence-corrected chi connectivity index (χ0v) is 9.70. The van der Waals surface area contributed by atoms with Crippen molar-refractivity contribution in [2.75, 3.05) is 0 Å². The zero-order valence-electron chi connectivity index (χ0n) is 9.70. The summed E-state index contributed by atoms with van der Waals surface area (Å²) in [7, 11) is 0. The summed E-state index contributed by atoms with van der Waals surface area (Å²) in [5.41, 5.74) is 5.43. The summed E-state index contributed by atoms with van der Waals surface area (Å²) < 4.78 is 0. The molecule has 7 heteroatoms. The van der Waals surface area contributed by atoms with Crippen molar-refractivity contribution in [2.24, 2.45) is 11.7 Å². The third kappa shape index (κ3) is 2.28. The van der Waals surface area contributed by atoms with Crippen LogP contribution in [0.4, 0.5) is 0 Å². The van der Waals surface area contributed by atoms with Crippen molar-refractivity contribution in [3.63, 3.8) is 0 Å². The molecule has 2 heterocycles. The van der Waals surface area contributed by atoms with Crippen LogP contribution in [0.15, 0.2) is 9.59 Å². The summed E-state index contributed by atoms with van der Waals surface area (Å²) in [6, 6.07) is -0.0404. The highest BCUT2D eigenvalue weighted by Crippen LogP contribution is 2.07. The smallest absolute Gasteiger partial charge is 0.327 e. The van der Waals surface area contributed by atoms with Gasteiger partial charge in [-0.2, -0.15) is 0 Å². The van der Waals surface area contributed by atoms with E-state index >= 15 is 0 Å². The van der Waals surface area contributed by atoms with Crippen LogP contribution in [0.25, 0.3) is 11.2 Å². The normalized spacial score (nSPS) is 13.4. The lowest BCUT2D eigenvalue weighted by Crippen LogP contribution is -2.29. The number of hydrogen-bond acceptors (Lipinski definition) is 4.